The standard InChI is InChI=1S/C12H12O4/c13-10(9-5-14-6-9)3-8-1-2-11-12(4-8)16-7-15-11/h1-2,4,9H,3,5-7H2. The van der Waals surface area contributed by atoms with Gasteiger partial charge in [0.25, 0.3) is 0 Å². The van der Waals surface area contributed by atoms with E-state index in [0.29, 0.717) is 19.6 Å². The number of carbonyl (C=O) groups excluding carboxylic acids is 1. The van der Waals surface area contributed by atoms with Crippen LogP contribution in [0, 0.1) is 5.92 Å². The molecule has 1 aromatic carbocycles. The van der Waals surface area contributed by atoms with Gasteiger partial charge in [0.05, 0.1) is 19.1 Å². The van der Waals surface area contributed by atoms with Gasteiger partial charge in [-0.15, -0.1) is 0 Å². The van der Waals surface area contributed by atoms with Gasteiger partial charge >= 0.3 is 0 Å². The Kier molecular flexibility index (Phi) is 2.29. The van der Waals surface area contributed by atoms with Crippen LogP contribution in [0.5, 0.6) is 11.5 Å². The molecule has 2 aliphatic rings. The third-order valence-electron chi connectivity index (χ3n) is 2.91. The van der Waals surface area contributed by atoms with Crippen molar-refractivity contribution in [3.05, 3.63) is 23.8 Å². The molecule has 0 unspecified atom stereocenters. The summed E-state index contributed by atoms with van der Waals surface area (Å²) >= 11 is 0. The summed E-state index contributed by atoms with van der Waals surface area (Å²) in [7, 11) is 0. The van der Waals surface area contributed by atoms with E-state index in [4.69, 9.17) is 14.2 Å². The van der Waals surface area contributed by atoms with Crippen LogP contribution in [0.2, 0.25) is 0 Å². The van der Waals surface area contributed by atoms with Gasteiger partial charge in [-0.3, -0.25) is 4.79 Å². The molecule has 0 aromatic heterocycles. The second-order valence-corrected chi connectivity index (χ2v) is 4.07. The van der Waals surface area contributed by atoms with Crippen LogP contribution in [0.15, 0.2) is 18.2 Å². The van der Waals surface area contributed by atoms with Gasteiger partial charge in [0.1, 0.15) is 5.78 Å². The van der Waals surface area contributed by atoms with E-state index in [1.54, 1.807) is 0 Å². The Bertz CT molecular complexity index is 423. The van der Waals surface area contributed by atoms with Crippen LogP contribution in [0.4, 0.5) is 0 Å². The van der Waals surface area contributed by atoms with Crippen molar-refractivity contribution >= 4 is 5.78 Å². The fourth-order valence-electron chi connectivity index (χ4n) is 1.82. The average Bonchev–Trinajstić information content (AvgIpc) is 2.61. The first-order valence-electron chi connectivity index (χ1n) is 5.32. The van der Waals surface area contributed by atoms with Crippen LogP contribution in [-0.4, -0.2) is 25.8 Å². The molecule has 0 bridgehead atoms. The zero-order chi connectivity index (χ0) is 11.0. The summed E-state index contributed by atoms with van der Waals surface area (Å²) in [5, 5.41) is 0. The highest BCUT2D eigenvalue weighted by atomic mass is 16.7. The van der Waals surface area contributed by atoms with E-state index in [2.05, 4.69) is 0 Å². The van der Waals surface area contributed by atoms with E-state index in [0.717, 1.165) is 17.1 Å². The number of Topliss-reactive ketones (excluding diaryl/α,β-unsaturated/α-hetero) is 1. The maximum atomic E-state index is 11.7. The summed E-state index contributed by atoms with van der Waals surface area (Å²) in [6, 6.07) is 5.63. The summed E-state index contributed by atoms with van der Waals surface area (Å²) in [5.74, 6) is 1.81. The Balaban J connectivity index is 1.72. The van der Waals surface area contributed by atoms with E-state index in [1.165, 1.54) is 0 Å². The lowest BCUT2D eigenvalue weighted by Crippen LogP contribution is -2.35. The molecule has 0 aliphatic carbocycles. The molecule has 0 radical (unpaired) electrons. The summed E-state index contributed by atoms with van der Waals surface area (Å²) < 4.78 is 15.5. The Hall–Kier alpha value is -1.55. The molecule has 4 nitrogen and oxygen atoms in total. The van der Waals surface area contributed by atoms with Crippen molar-refractivity contribution in [1.82, 2.24) is 0 Å². The van der Waals surface area contributed by atoms with Crippen LogP contribution in [0.3, 0.4) is 0 Å². The van der Waals surface area contributed by atoms with Gasteiger partial charge in [-0.2, -0.15) is 0 Å². The monoisotopic (exact) mass is 220 g/mol. The maximum Gasteiger partial charge on any atom is 0.231 e. The van der Waals surface area contributed by atoms with Crippen molar-refractivity contribution in [3.8, 4) is 11.5 Å². The smallest absolute Gasteiger partial charge is 0.231 e. The molecule has 1 aromatic rings. The zero-order valence-corrected chi connectivity index (χ0v) is 8.77. The van der Waals surface area contributed by atoms with E-state index < -0.39 is 0 Å². The van der Waals surface area contributed by atoms with Crippen molar-refractivity contribution in [2.75, 3.05) is 20.0 Å². The molecule has 0 spiro atoms. The number of hydrogen-bond donors (Lipinski definition) is 0. The van der Waals surface area contributed by atoms with E-state index in [1.807, 2.05) is 18.2 Å². The number of benzene rings is 1. The first kappa shape index (κ1) is 9.66. The highest BCUT2D eigenvalue weighted by Crippen LogP contribution is 2.32. The molecule has 0 atom stereocenters. The van der Waals surface area contributed by atoms with Gasteiger partial charge in [0.2, 0.25) is 6.79 Å². The molecule has 84 valence electrons. The fourth-order valence-corrected chi connectivity index (χ4v) is 1.82. The van der Waals surface area contributed by atoms with Gasteiger partial charge in [-0.05, 0) is 17.7 Å². The first-order chi connectivity index (χ1) is 7.83. The second kappa shape index (κ2) is 3.79. The van der Waals surface area contributed by atoms with Crippen LogP contribution in [0.25, 0.3) is 0 Å². The molecule has 2 aliphatic heterocycles. The Morgan fingerprint density at radius 1 is 1.25 bits per heavy atom. The largest absolute Gasteiger partial charge is 0.454 e. The van der Waals surface area contributed by atoms with Crippen molar-refractivity contribution in [2.45, 2.75) is 6.42 Å². The van der Waals surface area contributed by atoms with Gasteiger partial charge < -0.3 is 14.2 Å². The van der Waals surface area contributed by atoms with Crippen molar-refractivity contribution < 1.29 is 19.0 Å². The van der Waals surface area contributed by atoms with Gasteiger partial charge in [-0.25, -0.2) is 0 Å². The first-order valence-corrected chi connectivity index (χ1v) is 5.32. The van der Waals surface area contributed by atoms with E-state index >= 15 is 0 Å². The molecular weight excluding hydrogens is 208 g/mol. The summed E-state index contributed by atoms with van der Waals surface area (Å²) in [6.45, 7) is 1.41. The molecule has 16 heavy (non-hydrogen) atoms. The molecule has 3 rings (SSSR count). The minimum absolute atomic E-state index is 0.0884. The average molecular weight is 220 g/mol. The third kappa shape index (κ3) is 1.65. The predicted octanol–water partition coefficient (Wildman–Crippen LogP) is 1.17. The quantitative estimate of drug-likeness (QED) is 0.767. The van der Waals surface area contributed by atoms with Crippen molar-refractivity contribution in [1.29, 1.82) is 0 Å². The maximum absolute atomic E-state index is 11.7. The molecule has 1 fully saturated rings. The second-order valence-electron chi connectivity index (χ2n) is 4.07. The summed E-state index contributed by atoms with van der Waals surface area (Å²) in [6.07, 6.45) is 0.449. The predicted molar refractivity (Wildman–Crippen MR) is 55.6 cm³/mol. The van der Waals surface area contributed by atoms with Gasteiger partial charge in [-0.1, -0.05) is 6.07 Å². The molecule has 0 saturated carbocycles. The molecule has 2 heterocycles. The van der Waals surface area contributed by atoms with Crippen LogP contribution >= 0.6 is 0 Å². The number of ketones is 1. The van der Waals surface area contributed by atoms with Crippen LogP contribution < -0.4 is 9.47 Å². The van der Waals surface area contributed by atoms with E-state index in [-0.39, 0.29) is 18.5 Å². The lowest BCUT2D eigenvalue weighted by molar-refractivity contribution is -0.135. The number of carbonyl (C=O) groups is 1. The molecular formula is C12H12O4. The highest BCUT2D eigenvalue weighted by molar-refractivity contribution is 5.84. The number of ether oxygens (including phenoxy) is 3. The number of rotatable bonds is 3. The minimum Gasteiger partial charge on any atom is -0.454 e. The number of hydrogen-bond acceptors (Lipinski definition) is 4. The summed E-state index contributed by atoms with van der Waals surface area (Å²) in [5.41, 5.74) is 0.973. The SMILES string of the molecule is O=C(Cc1ccc2c(c1)OCO2)C1COC1. The molecule has 4 heteroatoms. The Morgan fingerprint density at radius 2 is 2.06 bits per heavy atom. The van der Waals surface area contributed by atoms with E-state index in [9.17, 15) is 4.79 Å². The number of fused-ring (bicyclic) bond motifs is 1. The molecule has 1 saturated heterocycles. The molecule has 0 amide bonds. The highest BCUT2D eigenvalue weighted by Gasteiger charge is 2.26. The lowest BCUT2D eigenvalue weighted by atomic mass is 9.96. The van der Waals surface area contributed by atoms with Crippen LogP contribution in [0.1, 0.15) is 5.56 Å². The fraction of sp³-hybridized carbons (Fsp3) is 0.417. The normalized spacial score (nSPS) is 18.2. The van der Waals surface area contributed by atoms with Gasteiger partial charge in [0, 0.05) is 6.42 Å². The summed E-state index contributed by atoms with van der Waals surface area (Å²) in [4.78, 5) is 11.7. The lowest BCUT2D eigenvalue weighted by Gasteiger charge is -2.24. The zero-order valence-electron chi connectivity index (χ0n) is 8.77. The molecule has 0 N–H and O–H groups in total. The Morgan fingerprint density at radius 3 is 2.81 bits per heavy atom. The third-order valence-corrected chi connectivity index (χ3v) is 2.91. The van der Waals surface area contributed by atoms with Crippen molar-refractivity contribution in [3.63, 3.8) is 0 Å². The Labute approximate surface area is 93.1 Å². The minimum atomic E-state index is 0.0884. The van der Waals surface area contributed by atoms with Crippen molar-refractivity contribution in [2.24, 2.45) is 5.92 Å². The van der Waals surface area contributed by atoms with Gasteiger partial charge in [0.15, 0.2) is 11.5 Å². The van der Waals surface area contributed by atoms with Crippen LogP contribution in [-0.2, 0) is 16.0 Å². The topological polar surface area (TPSA) is 44.8 Å².